The maximum atomic E-state index is 5.63. The molecule has 1 aromatic rings. The van der Waals surface area contributed by atoms with E-state index in [0.29, 0.717) is 5.84 Å². The van der Waals surface area contributed by atoms with Crippen LogP contribution in [0.4, 0.5) is 5.69 Å². The summed E-state index contributed by atoms with van der Waals surface area (Å²) in [5.41, 5.74) is 12.5. The number of anilines is 1. The molecule has 5 nitrogen and oxygen atoms in total. The van der Waals surface area contributed by atoms with Crippen LogP contribution in [-0.2, 0) is 0 Å². The van der Waals surface area contributed by atoms with Gasteiger partial charge in [-0.25, -0.2) is 0 Å². The van der Waals surface area contributed by atoms with Gasteiger partial charge in [0.1, 0.15) is 6.34 Å². The normalized spacial score (nSPS) is 11.9. The van der Waals surface area contributed by atoms with E-state index in [1.165, 1.54) is 0 Å². The Morgan fingerprint density at radius 3 is 2.50 bits per heavy atom. The van der Waals surface area contributed by atoms with Gasteiger partial charge in [0.2, 0.25) is 0 Å². The number of nitrogens with two attached hydrogens (primary N) is 2. The number of nitrogens with one attached hydrogen (secondary N) is 1. The third-order valence-electron chi connectivity index (χ3n) is 1.70. The van der Waals surface area contributed by atoms with Gasteiger partial charge in [0.15, 0.2) is 5.84 Å². The Bertz CT molecular complexity index is 339. The number of benzene rings is 1. The molecule has 1 rings (SSSR count). The van der Waals surface area contributed by atoms with Gasteiger partial charge in [-0.2, -0.15) is 0 Å². The van der Waals surface area contributed by atoms with Gasteiger partial charge in [-0.05, 0) is 24.3 Å². The highest BCUT2D eigenvalue weighted by Crippen LogP contribution is 2.07. The van der Waals surface area contributed by atoms with Crippen LogP contribution in [-0.4, -0.2) is 19.2 Å². The van der Waals surface area contributed by atoms with Crippen LogP contribution in [0.1, 0.15) is 5.56 Å². The molecule has 0 radical (unpaired) electrons. The van der Waals surface area contributed by atoms with Crippen LogP contribution in [0.3, 0.4) is 0 Å². The highest BCUT2D eigenvalue weighted by atomic mass is 15.2. The first-order valence-electron chi connectivity index (χ1n) is 4.13. The Morgan fingerprint density at radius 2 is 2.00 bits per heavy atom. The number of hydrogen-bond acceptors (Lipinski definition) is 3. The predicted octanol–water partition coefficient (Wildman–Crippen LogP) is 0.336. The molecule has 0 saturated heterocycles. The SMILES string of the molecule is CNc1ccc(/C(N)=N/N=C\N)cc1. The fraction of sp³-hybridized carbons (Fsp3) is 0.111. The molecule has 0 aliphatic carbocycles. The predicted molar refractivity (Wildman–Crippen MR) is 59.4 cm³/mol. The molecule has 0 fully saturated rings. The highest BCUT2D eigenvalue weighted by molar-refractivity contribution is 5.97. The summed E-state index contributed by atoms with van der Waals surface area (Å²) in [6.07, 6.45) is 1.09. The van der Waals surface area contributed by atoms with Crippen molar-refractivity contribution in [2.24, 2.45) is 21.7 Å². The molecular weight excluding hydrogens is 178 g/mol. The zero-order valence-electron chi connectivity index (χ0n) is 7.94. The van der Waals surface area contributed by atoms with Crippen molar-refractivity contribution in [3.63, 3.8) is 0 Å². The van der Waals surface area contributed by atoms with Crippen LogP contribution in [0.15, 0.2) is 34.5 Å². The standard InChI is InChI=1S/C9H13N5/c1-12-8-4-2-7(3-5-8)9(11)14-13-6-10/h2-6,12H,1H3,(H2,10,13)(H2,11,14). The molecule has 74 valence electrons. The monoisotopic (exact) mass is 191 g/mol. The van der Waals surface area contributed by atoms with Crippen LogP contribution in [0.2, 0.25) is 0 Å². The topological polar surface area (TPSA) is 88.8 Å². The lowest BCUT2D eigenvalue weighted by atomic mass is 10.2. The van der Waals surface area contributed by atoms with E-state index in [9.17, 15) is 0 Å². The summed E-state index contributed by atoms with van der Waals surface area (Å²) < 4.78 is 0. The molecular formula is C9H13N5. The Balaban J connectivity index is 2.86. The van der Waals surface area contributed by atoms with E-state index in [4.69, 9.17) is 11.5 Å². The average molecular weight is 191 g/mol. The van der Waals surface area contributed by atoms with Crippen LogP contribution >= 0.6 is 0 Å². The van der Waals surface area contributed by atoms with Crippen molar-refractivity contribution in [1.29, 1.82) is 0 Å². The number of amidine groups is 1. The van der Waals surface area contributed by atoms with Crippen molar-refractivity contribution < 1.29 is 0 Å². The van der Waals surface area contributed by atoms with Crippen LogP contribution in [0.25, 0.3) is 0 Å². The zero-order chi connectivity index (χ0) is 10.4. The van der Waals surface area contributed by atoms with Gasteiger partial charge in [-0.15, -0.1) is 10.2 Å². The molecule has 0 spiro atoms. The van der Waals surface area contributed by atoms with Gasteiger partial charge in [0, 0.05) is 18.3 Å². The quantitative estimate of drug-likeness (QED) is 0.365. The smallest absolute Gasteiger partial charge is 0.153 e. The first-order chi connectivity index (χ1) is 6.77. The molecule has 14 heavy (non-hydrogen) atoms. The molecule has 0 amide bonds. The maximum Gasteiger partial charge on any atom is 0.153 e. The molecule has 0 aliphatic rings. The van der Waals surface area contributed by atoms with Gasteiger partial charge in [0.25, 0.3) is 0 Å². The lowest BCUT2D eigenvalue weighted by molar-refractivity contribution is 1.22. The molecule has 0 bridgehead atoms. The first kappa shape index (κ1) is 10.0. The van der Waals surface area contributed by atoms with Crippen molar-refractivity contribution >= 4 is 17.9 Å². The minimum Gasteiger partial charge on any atom is -0.388 e. The van der Waals surface area contributed by atoms with Crippen molar-refractivity contribution in [2.75, 3.05) is 12.4 Å². The van der Waals surface area contributed by atoms with Gasteiger partial charge in [-0.3, -0.25) is 0 Å². The molecule has 0 saturated carbocycles. The second-order valence-electron chi connectivity index (χ2n) is 2.58. The third kappa shape index (κ3) is 2.48. The zero-order valence-corrected chi connectivity index (χ0v) is 7.94. The average Bonchev–Trinajstić information content (AvgIpc) is 2.26. The van der Waals surface area contributed by atoms with E-state index in [-0.39, 0.29) is 0 Å². The van der Waals surface area contributed by atoms with Crippen LogP contribution in [0, 0.1) is 0 Å². The van der Waals surface area contributed by atoms with Crippen LogP contribution in [0.5, 0.6) is 0 Å². The Kier molecular flexibility index (Phi) is 3.49. The van der Waals surface area contributed by atoms with Crippen molar-refractivity contribution in [2.45, 2.75) is 0 Å². The second kappa shape index (κ2) is 4.86. The Hall–Kier alpha value is -2.04. The van der Waals surface area contributed by atoms with E-state index in [1.54, 1.807) is 0 Å². The fourth-order valence-corrected chi connectivity index (χ4v) is 0.961. The minimum atomic E-state index is 0.342. The summed E-state index contributed by atoms with van der Waals surface area (Å²) >= 11 is 0. The third-order valence-corrected chi connectivity index (χ3v) is 1.70. The summed E-state index contributed by atoms with van der Waals surface area (Å²) in [4.78, 5) is 0. The molecule has 0 aromatic heterocycles. The summed E-state index contributed by atoms with van der Waals surface area (Å²) in [5, 5.41) is 10.2. The Morgan fingerprint density at radius 1 is 1.36 bits per heavy atom. The Labute approximate surface area is 82.5 Å². The number of rotatable bonds is 3. The molecule has 5 N–H and O–H groups in total. The molecule has 0 unspecified atom stereocenters. The molecule has 5 heteroatoms. The second-order valence-corrected chi connectivity index (χ2v) is 2.58. The molecule has 1 aromatic carbocycles. The first-order valence-corrected chi connectivity index (χ1v) is 4.13. The van der Waals surface area contributed by atoms with E-state index in [1.807, 2.05) is 31.3 Å². The number of hydrogen-bond donors (Lipinski definition) is 3. The summed E-state index contributed by atoms with van der Waals surface area (Å²) in [6, 6.07) is 7.53. The largest absolute Gasteiger partial charge is 0.388 e. The molecule has 0 aliphatic heterocycles. The van der Waals surface area contributed by atoms with Gasteiger partial charge in [-0.1, -0.05) is 0 Å². The lowest BCUT2D eigenvalue weighted by Gasteiger charge is -2.01. The summed E-state index contributed by atoms with van der Waals surface area (Å²) in [6.45, 7) is 0. The minimum absolute atomic E-state index is 0.342. The van der Waals surface area contributed by atoms with E-state index >= 15 is 0 Å². The van der Waals surface area contributed by atoms with Crippen LogP contribution < -0.4 is 16.8 Å². The van der Waals surface area contributed by atoms with Crippen molar-refractivity contribution in [1.82, 2.24) is 0 Å². The van der Waals surface area contributed by atoms with Gasteiger partial charge < -0.3 is 16.8 Å². The van der Waals surface area contributed by atoms with E-state index in [0.717, 1.165) is 17.6 Å². The highest BCUT2D eigenvalue weighted by Gasteiger charge is 1.96. The van der Waals surface area contributed by atoms with E-state index in [2.05, 4.69) is 15.5 Å². The molecule has 0 heterocycles. The van der Waals surface area contributed by atoms with E-state index < -0.39 is 0 Å². The maximum absolute atomic E-state index is 5.63. The number of nitrogens with zero attached hydrogens (tertiary/aromatic N) is 2. The van der Waals surface area contributed by atoms with Gasteiger partial charge >= 0.3 is 0 Å². The summed E-state index contributed by atoms with van der Waals surface area (Å²) in [7, 11) is 1.85. The van der Waals surface area contributed by atoms with Crippen molar-refractivity contribution in [3.05, 3.63) is 29.8 Å². The lowest BCUT2D eigenvalue weighted by Crippen LogP contribution is -2.12. The van der Waals surface area contributed by atoms with Gasteiger partial charge in [0.05, 0.1) is 0 Å². The summed E-state index contributed by atoms with van der Waals surface area (Å²) in [5.74, 6) is 0.342. The fourth-order valence-electron chi connectivity index (χ4n) is 0.961. The molecule has 0 atom stereocenters. The van der Waals surface area contributed by atoms with Crippen molar-refractivity contribution in [3.8, 4) is 0 Å².